The number of hydrogen-bond donors (Lipinski definition) is 1. The molecule has 1 unspecified atom stereocenters. The van der Waals surface area contributed by atoms with Crippen molar-refractivity contribution in [3.8, 4) is 11.5 Å². The zero-order valence-corrected chi connectivity index (χ0v) is 18.9. The van der Waals surface area contributed by atoms with Crippen molar-refractivity contribution in [1.29, 1.82) is 0 Å². The van der Waals surface area contributed by atoms with Crippen LogP contribution in [0.25, 0.3) is 0 Å². The maximum Gasteiger partial charge on any atom is 0.166 e. The molecule has 5 rings (SSSR count). The zero-order chi connectivity index (χ0) is 18.6. The van der Waals surface area contributed by atoms with Crippen molar-refractivity contribution >= 4 is 24.8 Å². The molecule has 0 aliphatic carbocycles. The minimum Gasteiger partial charge on any atom is -0.493 e. The second-order valence-electron chi connectivity index (χ2n) is 7.85. The maximum absolute atomic E-state index is 6.21. The number of para-hydroxylation sites is 1. The standard InChI is InChI=1S/C23H30N2O2.2ClH/c1-17-6-8-18(9-7-17)16-27-23-20(4-3-5-22(23)26-2)14-24-21-15-25-12-10-19(21)11-13-25;;/h3-9,19,21,24H,10-16H2,1-2H3;2*1H. The van der Waals surface area contributed by atoms with Crippen molar-refractivity contribution in [1.82, 2.24) is 10.2 Å². The second kappa shape index (κ2) is 11.1. The van der Waals surface area contributed by atoms with Crippen LogP contribution in [0.3, 0.4) is 0 Å². The summed E-state index contributed by atoms with van der Waals surface area (Å²) in [5.41, 5.74) is 3.60. The average molecular weight is 439 g/mol. The van der Waals surface area contributed by atoms with Gasteiger partial charge in [0.05, 0.1) is 7.11 Å². The van der Waals surface area contributed by atoms with E-state index in [1.807, 2.05) is 12.1 Å². The summed E-state index contributed by atoms with van der Waals surface area (Å²) in [7, 11) is 1.71. The van der Waals surface area contributed by atoms with E-state index in [2.05, 4.69) is 47.5 Å². The van der Waals surface area contributed by atoms with Crippen LogP contribution in [0.4, 0.5) is 0 Å². The van der Waals surface area contributed by atoms with Crippen molar-refractivity contribution in [2.45, 2.75) is 39.0 Å². The Hall–Kier alpha value is -1.46. The summed E-state index contributed by atoms with van der Waals surface area (Å²) in [5.74, 6) is 2.47. The Labute approximate surface area is 186 Å². The molecule has 0 spiro atoms. The SMILES string of the molecule is COc1cccc(CNC2CN3CCC2CC3)c1OCc1ccc(C)cc1.Cl.Cl. The van der Waals surface area contributed by atoms with Crippen molar-refractivity contribution in [3.05, 3.63) is 59.2 Å². The van der Waals surface area contributed by atoms with Gasteiger partial charge in [0.1, 0.15) is 6.61 Å². The summed E-state index contributed by atoms with van der Waals surface area (Å²) < 4.78 is 11.8. The molecule has 3 aliphatic rings. The first kappa shape index (κ1) is 23.8. The third-order valence-electron chi connectivity index (χ3n) is 6.00. The lowest BCUT2D eigenvalue weighted by atomic mass is 9.84. The fraction of sp³-hybridized carbons (Fsp3) is 0.478. The fourth-order valence-corrected chi connectivity index (χ4v) is 4.30. The van der Waals surface area contributed by atoms with E-state index in [1.165, 1.54) is 43.6 Å². The van der Waals surface area contributed by atoms with Gasteiger partial charge in [0.2, 0.25) is 0 Å². The topological polar surface area (TPSA) is 33.7 Å². The van der Waals surface area contributed by atoms with Gasteiger partial charge in [0, 0.05) is 24.7 Å². The molecule has 0 amide bonds. The van der Waals surface area contributed by atoms with Crippen LogP contribution in [0.1, 0.15) is 29.5 Å². The molecule has 3 fully saturated rings. The van der Waals surface area contributed by atoms with Gasteiger partial charge >= 0.3 is 0 Å². The molecule has 3 heterocycles. The van der Waals surface area contributed by atoms with Crippen LogP contribution in [-0.2, 0) is 13.2 Å². The van der Waals surface area contributed by atoms with E-state index >= 15 is 0 Å². The van der Waals surface area contributed by atoms with E-state index in [1.54, 1.807) is 7.11 Å². The fourth-order valence-electron chi connectivity index (χ4n) is 4.30. The largest absolute Gasteiger partial charge is 0.493 e. The Balaban J connectivity index is 0.00000150. The first-order valence-corrected chi connectivity index (χ1v) is 10.0. The Morgan fingerprint density at radius 1 is 1.03 bits per heavy atom. The maximum atomic E-state index is 6.21. The van der Waals surface area contributed by atoms with Gasteiger partial charge in [-0.3, -0.25) is 0 Å². The number of nitrogens with zero attached hydrogens (tertiary/aromatic N) is 1. The van der Waals surface area contributed by atoms with Gasteiger partial charge < -0.3 is 19.7 Å². The molecule has 3 saturated heterocycles. The molecule has 0 aromatic heterocycles. The second-order valence-corrected chi connectivity index (χ2v) is 7.85. The molecule has 1 atom stereocenters. The first-order valence-electron chi connectivity index (χ1n) is 10.0. The third kappa shape index (κ3) is 5.79. The van der Waals surface area contributed by atoms with E-state index in [0.29, 0.717) is 12.6 Å². The first-order chi connectivity index (χ1) is 13.2. The van der Waals surface area contributed by atoms with Crippen molar-refractivity contribution < 1.29 is 9.47 Å². The van der Waals surface area contributed by atoms with Crippen LogP contribution in [0.5, 0.6) is 11.5 Å². The average Bonchev–Trinajstić information content (AvgIpc) is 2.73. The molecule has 1 N–H and O–H groups in total. The van der Waals surface area contributed by atoms with E-state index in [9.17, 15) is 0 Å². The number of fused-ring (bicyclic) bond motifs is 3. The van der Waals surface area contributed by atoms with Crippen molar-refractivity contribution in [2.24, 2.45) is 5.92 Å². The van der Waals surface area contributed by atoms with Crippen LogP contribution < -0.4 is 14.8 Å². The van der Waals surface area contributed by atoms with Crippen molar-refractivity contribution in [2.75, 3.05) is 26.7 Å². The molecule has 3 aliphatic heterocycles. The minimum absolute atomic E-state index is 0. The summed E-state index contributed by atoms with van der Waals surface area (Å²) >= 11 is 0. The summed E-state index contributed by atoms with van der Waals surface area (Å²) in [4.78, 5) is 2.58. The van der Waals surface area contributed by atoms with Crippen LogP contribution >= 0.6 is 24.8 Å². The highest BCUT2D eigenvalue weighted by molar-refractivity contribution is 5.85. The number of aryl methyl sites for hydroxylation is 1. The molecular weight excluding hydrogens is 407 g/mol. The number of piperidine rings is 3. The number of nitrogens with one attached hydrogen (secondary N) is 1. The van der Waals surface area contributed by atoms with Crippen LogP contribution in [0.2, 0.25) is 0 Å². The molecular formula is C23H32Cl2N2O2. The molecule has 29 heavy (non-hydrogen) atoms. The van der Waals surface area contributed by atoms with E-state index in [4.69, 9.17) is 9.47 Å². The molecule has 0 radical (unpaired) electrons. The molecule has 6 heteroatoms. The minimum atomic E-state index is 0. The molecule has 2 aromatic rings. The van der Waals surface area contributed by atoms with E-state index in [-0.39, 0.29) is 24.8 Å². The summed E-state index contributed by atoms with van der Waals surface area (Å²) in [6.07, 6.45) is 2.65. The predicted molar refractivity (Wildman–Crippen MR) is 123 cm³/mol. The molecule has 2 bridgehead atoms. The highest BCUT2D eigenvalue weighted by atomic mass is 35.5. The number of rotatable bonds is 7. The van der Waals surface area contributed by atoms with E-state index < -0.39 is 0 Å². The summed E-state index contributed by atoms with van der Waals surface area (Å²) in [6.45, 7) is 7.18. The van der Waals surface area contributed by atoms with E-state index in [0.717, 1.165) is 29.5 Å². The van der Waals surface area contributed by atoms with Crippen molar-refractivity contribution in [3.63, 3.8) is 0 Å². The number of benzene rings is 2. The lowest BCUT2D eigenvalue weighted by molar-refractivity contribution is 0.0718. The van der Waals surface area contributed by atoms with Gasteiger partial charge in [0.15, 0.2) is 11.5 Å². The highest BCUT2D eigenvalue weighted by Crippen LogP contribution is 2.33. The predicted octanol–water partition coefficient (Wildman–Crippen LogP) is 4.61. The third-order valence-corrected chi connectivity index (χ3v) is 6.00. The number of methoxy groups -OCH3 is 1. The van der Waals surface area contributed by atoms with Gasteiger partial charge in [-0.15, -0.1) is 24.8 Å². The Kier molecular flexibility index (Phi) is 9.09. The summed E-state index contributed by atoms with van der Waals surface area (Å²) in [5, 5.41) is 3.79. The van der Waals surface area contributed by atoms with Crippen LogP contribution in [0.15, 0.2) is 42.5 Å². The lowest BCUT2D eigenvalue weighted by Crippen LogP contribution is -2.55. The number of hydrogen-bond acceptors (Lipinski definition) is 4. The monoisotopic (exact) mass is 438 g/mol. The van der Waals surface area contributed by atoms with Gasteiger partial charge in [-0.05, 0) is 50.4 Å². The Bertz CT molecular complexity index is 762. The van der Waals surface area contributed by atoms with Crippen LogP contribution in [-0.4, -0.2) is 37.7 Å². The van der Waals surface area contributed by atoms with Crippen LogP contribution in [0, 0.1) is 12.8 Å². The number of halogens is 2. The number of ether oxygens (including phenoxy) is 2. The molecule has 0 saturated carbocycles. The van der Waals surface area contributed by atoms with Gasteiger partial charge in [-0.25, -0.2) is 0 Å². The smallest absolute Gasteiger partial charge is 0.166 e. The highest BCUT2D eigenvalue weighted by Gasteiger charge is 2.33. The summed E-state index contributed by atoms with van der Waals surface area (Å²) in [6, 6.07) is 15.2. The molecule has 2 aromatic carbocycles. The zero-order valence-electron chi connectivity index (χ0n) is 17.2. The Morgan fingerprint density at radius 3 is 2.38 bits per heavy atom. The Morgan fingerprint density at radius 2 is 1.76 bits per heavy atom. The molecule has 160 valence electrons. The quantitative estimate of drug-likeness (QED) is 0.683. The lowest BCUT2D eigenvalue weighted by Gasteiger charge is -2.45. The normalized spacial score (nSPS) is 22.3. The van der Waals surface area contributed by atoms with Gasteiger partial charge in [0.25, 0.3) is 0 Å². The molecule has 4 nitrogen and oxygen atoms in total. The van der Waals surface area contributed by atoms with Gasteiger partial charge in [-0.2, -0.15) is 0 Å². The van der Waals surface area contributed by atoms with Gasteiger partial charge in [-0.1, -0.05) is 42.0 Å².